The Morgan fingerprint density at radius 3 is 1.84 bits per heavy atom. The van der Waals surface area contributed by atoms with Gasteiger partial charge in [0.1, 0.15) is 30.7 Å². The van der Waals surface area contributed by atoms with Gasteiger partial charge in [-0.15, -0.1) is 0 Å². The molecule has 8 nitrogen and oxygen atoms in total. The van der Waals surface area contributed by atoms with Crippen LogP contribution in [0.25, 0.3) is 0 Å². The third-order valence-electron chi connectivity index (χ3n) is 5.37. The molecule has 32 heavy (non-hydrogen) atoms. The summed E-state index contributed by atoms with van der Waals surface area (Å²) in [5, 5.41) is 52.9. The van der Waals surface area contributed by atoms with Crippen LogP contribution < -0.4 is 5.32 Å². The molecule has 0 aliphatic carbocycles. The van der Waals surface area contributed by atoms with E-state index < -0.39 is 37.0 Å². The summed E-state index contributed by atoms with van der Waals surface area (Å²) < 4.78 is 5.05. The normalized spacial score (nSPS) is 16.3. The minimum absolute atomic E-state index is 0.0322. The molecule has 0 unspecified atom stereocenters. The van der Waals surface area contributed by atoms with Crippen molar-refractivity contribution >= 4 is 5.97 Å². The number of aliphatic hydroxyl groups excluding tert-OH is 4. The van der Waals surface area contributed by atoms with Crippen molar-refractivity contribution < 1.29 is 35.1 Å². The summed E-state index contributed by atoms with van der Waals surface area (Å²) in [5.41, 5.74) is 1.95. The van der Waals surface area contributed by atoms with Gasteiger partial charge < -0.3 is 35.6 Å². The number of esters is 1. The first kappa shape index (κ1) is 28.3. The Balaban J connectivity index is 2.79. The maximum atomic E-state index is 12.2. The van der Waals surface area contributed by atoms with E-state index in [0.29, 0.717) is 6.42 Å². The van der Waals surface area contributed by atoms with Gasteiger partial charge in [-0.1, -0.05) is 53.7 Å². The largest absolute Gasteiger partial charge is 0.507 e. The lowest BCUT2D eigenvalue weighted by Gasteiger charge is -2.28. The van der Waals surface area contributed by atoms with E-state index in [1.807, 2.05) is 53.7 Å². The highest BCUT2D eigenvalue weighted by atomic mass is 16.5. The number of phenolic OH excluding ortho intramolecular Hbond substituents is 1. The average Bonchev–Trinajstić information content (AvgIpc) is 2.68. The topological polar surface area (TPSA) is 139 Å². The van der Waals surface area contributed by atoms with E-state index in [-0.39, 0.29) is 29.5 Å². The highest BCUT2D eigenvalue weighted by molar-refractivity contribution is 5.69. The summed E-state index contributed by atoms with van der Waals surface area (Å²) >= 11 is 0. The molecule has 8 heteroatoms. The molecule has 0 aromatic heterocycles. The van der Waals surface area contributed by atoms with E-state index in [1.165, 1.54) is 0 Å². The second-order valence-corrected chi connectivity index (χ2v) is 10.4. The summed E-state index contributed by atoms with van der Waals surface area (Å²) in [7, 11) is 1.57. The summed E-state index contributed by atoms with van der Waals surface area (Å²) in [5.74, 6) is -0.295. The van der Waals surface area contributed by atoms with Crippen LogP contribution in [0.4, 0.5) is 0 Å². The van der Waals surface area contributed by atoms with Crippen LogP contribution in [0, 0.1) is 0 Å². The van der Waals surface area contributed by atoms with Gasteiger partial charge in [0.2, 0.25) is 0 Å². The maximum absolute atomic E-state index is 12.2. The molecule has 4 atom stereocenters. The molecular formula is C24H41NO7. The number of aliphatic hydroxyl groups is 4. The second kappa shape index (κ2) is 11.4. The lowest BCUT2D eigenvalue weighted by molar-refractivity contribution is -0.154. The van der Waals surface area contributed by atoms with Gasteiger partial charge in [-0.2, -0.15) is 0 Å². The first-order chi connectivity index (χ1) is 14.6. The Morgan fingerprint density at radius 1 is 0.938 bits per heavy atom. The van der Waals surface area contributed by atoms with Crippen molar-refractivity contribution in [3.63, 3.8) is 0 Å². The molecule has 0 heterocycles. The molecular weight excluding hydrogens is 414 g/mol. The van der Waals surface area contributed by atoms with Gasteiger partial charge in [0.15, 0.2) is 0 Å². The van der Waals surface area contributed by atoms with E-state index >= 15 is 0 Å². The Bertz CT molecular complexity index is 717. The zero-order chi connectivity index (χ0) is 24.9. The molecule has 6 N–H and O–H groups in total. The van der Waals surface area contributed by atoms with Crippen molar-refractivity contribution in [3.05, 3.63) is 28.8 Å². The Hall–Kier alpha value is -1.71. The van der Waals surface area contributed by atoms with Gasteiger partial charge in [0.25, 0.3) is 0 Å². The first-order valence-corrected chi connectivity index (χ1v) is 11.0. The fraction of sp³-hybridized carbons (Fsp3) is 0.708. The van der Waals surface area contributed by atoms with Crippen molar-refractivity contribution in [1.82, 2.24) is 5.32 Å². The number of hydrogen-bond donors (Lipinski definition) is 6. The quantitative estimate of drug-likeness (QED) is 0.289. The van der Waals surface area contributed by atoms with E-state index in [4.69, 9.17) is 4.74 Å². The first-order valence-electron chi connectivity index (χ1n) is 11.0. The van der Waals surface area contributed by atoms with E-state index in [1.54, 1.807) is 7.05 Å². The molecule has 184 valence electrons. The maximum Gasteiger partial charge on any atom is 0.306 e. The highest BCUT2D eigenvalue weighted by Gasteiger charge is 2.31. The number of benzene rings is 1. The van der Waals surface area contributed by atoms with Gasteiger partial charge in [-0.05, 0) is 41.0 Å². The number of carbonyl (C=O) groups is 1. The van der Waals surface area contributed by atoms with Crippen LogP contribution in [-0.2, 0) is 26.8 Å². The van der Waals surface area contributed by atoms with Crippen LogP contribution in [0.15, 0.2) is 12.1 Å². The van der Waals surface area contributed by atoms with Crippen LogP contribution in [-0.4, -0.2) is 76.1 Å². The fourth-order valence-electron chi connectivity index (χ4n) is 3.36. The molecule has 0 fully saturated rings. The number of aromatic hydroxyl groups is 1. The fourth-order valence-corrected chi connectivity index (χ4v) is 3.36. The minimum atomic E-state index is -1.66. The number of nitrogens with one attached hydrogen (secondary N) is 1. The third-order valence-corrected chi connectivity index (χ3v) is 5.37. The van der Waals surface area contributed by atoms with Crippen molar-refractivity contribution in [3.8, 4) is 5.75 Å². The lowest BCUT2D eigenvalue weighted by atomic mass is 9.78. The summed E-state index contributed by atoms with van der Waals surface area (Å²) in [6.45, 7) is 11.6. The molecule has 0 saturated carbocycles. The lowest BCUT2D eigenvalue weighted by Crippen LogP contribution is -2.49. The van der Waals surface area contributed by atoms with Crippen LogP contribution in [0.1, 0.15) is 64.7 Å². The van der Waals surface area contributed by atoms with Crippen LogP contribution >= 0.6 is 0 Å². The van der Waals surface area contributed by atoms with E-state index in [2.05, 4.69) is 5.32 Å². The molecule has 0 aliphatic rings. The summed E-state index contributed by atoms with van der Waals surface area (Å²) in [6, 6.07) is 3.80. The van der Waals surface area contributed by atoms with Crippen molar-refractivity contribution in [2.75, 3.05) is 20.2 Å². The smallest absolute Gasteiger partial charge is 0.306 e. The molecule has 0 bridgehead atoms. The SMILES string of the molecule is CNC[C@H](O)[C@@H](O)[C@H](O)[C@H](O)COC(=O)CCc1cc(C(C)(C)C)c(O)c(C(C)(C)C)c1. The number of ether oxygens (including phenoxy) is 1. The van der Waals surface area contributed by atoms with Crippen LogP contribution in [0.2, 0.25) is 0 Å². The number of likely N-dealkylation sites (N-methyl/N-ethyl adjacent to an activating group) is 1. The Labute approximate surface area is 191 Å². The van der Waals surface area contributed by atoms with E-state index in [0.717, 1.165) is 16.7 Å². The van der Waals surface area contributed by atoms with Gasteiger partial charge in [0.05, 0.1) is 6.10 Å². The Morgan fingerprint density at radius 2 is 1.41 bits per heavy atom. The number of phenols is 1. The summed E-state index contributed by atoms with van der Waals surface area (Å²) in [6.07, 6.45) is -5.62. The van der Waals surface area contributed by atoms with E-state index in [9.17, 15) is 30.3 Å². The number of rotatable bonds is 10. The zero-order valence-electron chi connectivity index (χ0n) is 20.3. The Kier molecular flexibility index (Phi) is 10.1. The second-order valence-electron chi connectivity index (χ2n) is 10.4. The predicted octanol–water partition coefficient (Wildman–Crippen LogP) is 1.13. The van der Waals surface area contributed by atoms with Crippen LogP contribution in [0.3, 0.4) is 0 Å². The molecule has 1 rings (SSSR count). The highest BCUT2D eigenvalue weighted by Crippen LogP contribution is 2.40. The number of aryl methyl sites for hydroxylation is 1. The number of carbonyl (C=O) groups excluding carboxylic acids is 1. The zero-order valence-corrected chi connectivity index (χ0v) is 20.3. The number of hydrogen-bond acceptors (Lipinski definition) is 8. The molecule has 1 aromatic carbocycles. The molecule has 0 amide bonds. The summed E-state index contributed by atoms with van der Waals surface area (Å²) in [4.78, 5) is 12.2. The van der Waals surface area contributed by atoms with Gasteiger partial charge in [0, 0.05) is 13.0 Å². The van der Waals surface area contributed by atoms with Gasteiger partial charge in [-0.3, -0.25) is 4.79 Å². The van der Waals surface area contributed by atoms with Crippen molar-refractivity contribution in [1.29, 1.82) is 0 Å². The average molecular weight is 456 g/mol. The predicted molar refractivity (Wildman–Crippen MR) is 123 cm³/mol. The molecule has 0 radical (unpaired) electrons. The third kappa shape index (κ3) is 8.01. The molecule has 1 aromatic rings. The van der Waals surface area contributed by atoms with Crippen molar-refractivity contribution in [2.45, 2.75) is 89.6 Å². The molecule has 0 spiro atoms. The molecule has 0 aliphatic heterocycles. The van der Waals surface area contributed by atoms with Gasteiger partial charge >= 0.3 is 5.97 Å². The monoisotopic (exact) mass is 455 g/mol. The van der Waals surface area contributed by atoms with Crippen molar-refractivity contribution in [2.24, 2.45) is 0 Å². The van der Waals surface area contributed by atoms with Gasteiger partial charge in [-0.25, -0.2) is 0 Å². The minimum Gasteiger partial charge on any atom is -0.507 e. The standard InChI is InChI=1S/C24H41NO7/c1-23(2,3)15-10-14(11-16(20(15)29)24(4,5)6)8-9-19(28)32-13-18(27)22(31)21(30)17(26)12-25-7/h10-11,17-18,21-22,25-27,29-31H,8-9,12-13H2,1-7H3/t17-,18+,21+,22+/m0/s1. The van der Waals surface area contributed by atoms with Crippen LogP contribution in [0.5, 0.6) is 5.75 Å². The molecule has 0 saturated heterocycles.